The van der Waals surface area contributed by atoms with E-state index in [4.69, 9.17) is 34.8 Å². The molecule has 0 saturated carbocycles. The van der Waals surface area contributed by atoms with Crippen LogP contribution in [0.1, 0.15) is 17.3 Å². The average Bonchev–Trinajstić information content (AvgIpc) is 2.12. The van der Waals surface area contributed by atoms with Gasteiger partial charge in [0, 0.05) is 5.56 Å². The van der Waals surface area contributed by atoms with E-state index >= 15 is 0 Å². The predicted molar refractivity (Wildman–Crippen MR) is 64.2 cm³/mol. The Morgan fingerprint density at radius 3 is 2.07 bits per heavy atom. The molecule has 0 amide bonds. The number of hydrogen-bond donors (Lipinski definition) is 0. The quantitative estimate of drug-likeness (QED) is 0.442. The first-order chi connectivity index (χ1) is 6.43. The Hall–Kier alpha value is 0.240. The second-order valence-electron chi connectivity index (χ2n) is 2.73. The molecule has 1 aromatic carbocycles. The molecule has 1 aromatic rings. The van der Waals surface area contributed by atoms with E-state index in [2.05, 4.69) is 15.9 Å². The van der Waals surface area contributed by atoms with Gasteiger partial charge in [0.25, 0.3) is 0 Å². The molecule has 0 saturated heterocycles. The summed E-state index contributed by atoms with van der Waals surface area (Å²) in [5.41, 5.74) is 0.453. The first-order valence-electron chi connectivity index (χ1n) is 3.76. The molecule has 1 rings (SSSR count). The maximum atomic E-state index is 11.6. The molecule has 0 spiro atoms. The smallest absolute Gasteiger partial charge is 0.176 e. The molecule has 0 fully saturated rings. The third-order valence-corrected chi connectivity index (χ3v) is 3.24. The van der Waals surface area contributed by atoms with Gasteiger partial charge in [-0.25, -0.2) is 0 Å². The number of Topliss-reactive ketones (excluding diaryl/α,β-unsaturated/α-hetero) is 1. The maximum absolute atomic E-state index is 11.6. The van der Waals surface area contributed by atoms with Crippen LogP contribution in [0.3, 0.4) is 0 Å². The highest BCUT2D eigenvalue weighted by molar-refractivity contribution is 9.10. The van der Waals surface area contributed by atoms with Gasteiger partial charge in [-0.1, -0.05) is 50.7 Å². The Bertz CT molecular complexity index is 353. The van der Waals surface area contributed by atoms with Crippen molar-refractivity contribution in [3.05, 3.63) is 32.8 Å². The molecular weight excluding hydrogens is 310 g/mol. The summed E-state index contributed by atoms with van der Waals surface area (Å²) in [7, 11) is 0. The molecule has 0 aromatic heterocycles. The van der Waals surface area contributed by atoms with Crippen molar-refractivity contribution < 1.29 is 4.79 Å². The lowest BCUT2D eigenvalue weighted by Gasteiger charge is -2.05. The van der Waals surface area contributed by atoms with Gasteiger partial charge in [0.15, 0.2) is 5.78 Å². The highest BCUT2D eigenvalue weighted by atomic mass is 79.9. The maximum Gasteiger partial charge on any atom is 0.176 e. The van der Waals surface area contributed by atoms with Crippen molar-refractivity contribution in [2.24, 2.45) is 0 Å². The van der Waals surface area contributed by atoms with E-state index in [1.165, 1.54) is 12.1 Å². The molecule has 0 N–H and O–H groups in total. The summed E-state index contributed by atoms with van der Waals surface area (Å²) in [5, 5.41) is 0.846. The van der Waals surface area contributed by atoms with Crippen LogP contribution in [0.15, 0.2) is 12.1 Å². The van der Waals surface area contributed by atoms with Crippen molar-refractivity contribution >= 4 is 56.5 Å². The van der Waals surface area contributed by atoms with Crippen LogP contribution in [0.25, 0.3) is 0 Å². The van der Waals surface area contributed by atoms with Crippen molar-refractivity contribution in [1.29, 1.82) is 0 Å². The largest absolute Gasteiger partial charge is 0.293 e. The van der Waals surface area contributed by atoms with Gasteiger partial charge in [0.2, 0.25) is 0 Å². The number of halogens is 4. The lowest BCUT2D eigenvalue weighted by atomic mass is 10.1. The van der Waals surface area contributed by atoms with Crippen LogP contribution in [0.4, 0.5) is 0 Å². The zero-order chi connectivity index (χ0) is 10.9. The van der Waals surface area contributed by atoms with E-state index in [0.29, 0.717) is 5.56 Å². The van der Waals surface area contributed by atoms with Gasteiger partial charge in [-0.15, -0.1) is 0 Å². The van der Waals surface area contributed by atoms with Gasteiger partial charge in [-0.3, -0.25) is 4.79 Å². The summed E-state index contributed by atoms with van der Waals surface area (Å²) in [4.78, 5) is 11.3. The van der Waals surface area contributed by atoms with Crippen LogP contribution in [0.5, 0.6) is 0 Å². The van der Waals surface area contributed by atoms with E-state index < -0.39 is 0 Å². The first-order valence-corrected chi connectivity index (χ1v) is 5.81. The molecule has 76 valence electrons. The Kier molecular flexibility index (Phi) is 4.26. The van der Waals surface area contributed by atoms with Gasteiger partial charge in [-0.2, -0.15) is 0 Å². The molecule has 1 unspecified atom stereocenters. The van der Waals surface area contributed by atoms with Gasteiger partial charge in [0.05, 0.1) is 19.9 Å². The summed E-state index contributed by atoms with van der Waals surface area (Å²) in [5.74, 6) is -0.0783. The monoisotopic (exact) mass is 314 g/mol. The van der Waals surface area contributed by atoms with Gasteiger partial charge < -0.3 is 0 Å². The second kappa shape index (κ2) is 4.84. The fourth-order valence-electron chi connectivity index (χ4n) is 0.927. The molecule has 1 atom stereocenters. The summed E-state index contributed by atoms with van der Waals surface area (Å²) in [6, 6.07) is 3.02. The van der Waals surface area contributed by atoms with Crippen LogP contribution in [0.2, 0.25) is 15.1 Å². The van der Waals surface area contributed by atoms with Crippen LogP contribution >= 0.6 is 50.7 Å². The number of ketones is 1. The van der Waals surface area contributed by atoms with Gasteiger partial charge in [-0.05, 0) is 19.1 Å². The lowest BCUT2D eigenvalue weighted by molar-refractivity contribution is 0.0996. The summed E-state index contributed by atoms with van der Waals surface area (Å²) in [6.07, 6.45) is 0. The fourth-order valence-corrected chi connectivity index (χ4v) is 1.79. The minimum Gasteiger partial charge on any atom is -0.293 e. The molecule has 0 aliphatic heterocycles. The summed E-state index contributed by atoms with van der Waals surface area (Å²) < 4.78 is 0. The number of hydrogen-bond acceptors (Lipinski definition) is 1. The van der Waals surface area contributed by atoms with Crippen LogP contribution in [-0.2, 0) is 0 Å². The third kappa shape index (κ3) is 2.63. The van der Waals surface area contributed by atoms with Crippen molar-refractivity contribution in [3.8, 4) is 0 Å². The first kappa shape index (κ1) is 12.3. The van der Waals surface area contributed by atoms with Crippen molar-refractivity contribution in [3.63, 3.8) is 0 Å². The van der Waals surface area contributed by atoms with Crippen molar-refractivity contribution in [2.75, 3.05) is 0 Å². The van der Waals surface area contributed by atoms with E-state index in [1.807, 2.05) is 0 Å². The highest BCUT2D eigenvalue weighted by Crippen LogP contribution is 2.31. The van der Waals surface area contributed by atoms with Crippen molar-refractivity contribution in [1.82, 2.24) is 0 Å². The van der Waals surface area contributed by atoms with Crippen LogP contribution in [-0.4, -0.2) is 10.6 Å². The number of carbonyl (C=O) groups is 1. The van der Waals surface area contributed by atoms with Gasteiger partial charge in [0.1, 0.15) is 0 Å². The normalized spacial score (nSPS) is 12.6. The highest BCUT2D eigenvalue weighted by Gasteiger charge is 2.15. The standard InChI is InChI=1S/C9H6BrCl3O/c1-4(10)9(14)5-2-6(11)8(13)7(12)3-5/h2-4H,1H3. The molecule has 0 aliphatic carbocycles. The van der Waals surface area contributed by atoms with Gasteiger partial charge >= 0.3 is 0 Å². The van der Waals surface area contributed by atoms with Crippen LogP contribution in [0, 0.1) is 0 Å². The minimum atomic E-state index is -0.268. The topological polar surface area (TPSA) is 17.1 Å². The van der Waals surface area contributed by atoms with E-state index in [1.54, 1.807) is 6.92 Å². The predicted octanol–water partition coefficient (Wildman–Crippen LogP) is 4.61. The number of rotatable bonds is 2. The van der Waals surface area contributed by atoms with E-state index in [-0.39, 0.29) is 25.7 Å². The molecule has 0 heterocycles. The lowest BCUT2D eigenvalue weighted by Crippen LogP contribution is -2.09. The Morgan fingerprint density at radius 1 is 1.29 bits per heavy atom. The fraction of sp³-hybridized carbons (Fsp3) is 0.222. The Labute approximate surface area is 105 Å². The van der Waals surface area contributed by atoms with E-state index in [9.17, 15) is 4.79 Å². The Balaban J connectivity index is 3.19. The van der Waals surface area contributed by atoms with Crippen molar-refractivity contribution in [2.45, 2.75) is 11.8 Å². The summed E-state index contributed by atoms with van der Waals surface area (Å²) in [6.45, 7) is 1.73. The Morgan fingerprint density at radius 2 is 1.71 bits per heavy atom. The third-order valence-electron chi connectivity index (χ3n) is 1.63. The number of alkyl halides is 1. The van der Waals surface area contributed by atoms with Crippen LogP contribution < -0.4 is 0 Å². The average molecular weight is 316 g/mol. The molecule has 14 heavy (non-hydrogen) atoms. The minimum absolute atomic E-state index is 0.0783. The number of benzene rings is 1. The zero-order valence-electron chi connectivity index (χ0n) is 7.15. The zero-order valence-corrected chi connectivity index (χ0v) is 11.0. The molecule has 0 radical (unpaired) electrons. The second-order valence-corrected chi connectivity index (χ2v) is 5.30. The summed E-state index contributed by atoms with van der Waals surface area (Å²) >= 11 is 20.5. The number of carbonyl (C=O) groups excluding carboxylic acids is 1. The molecule has 1 nitrogen and oxygen atoms in total. The molecular formula is C9H6BrCl3O. The van der Waals surface area contributed by atoms with E-state index in [0.717, 1.165) is 0 Å². The molecule has 0 aliphatic rings. The SMILES string of the molecule is CC(Br)C(=O)c1cc(Cl)c(Cl)c(Cl)c1. The molecule has 0 bridgehead atoms. The molecule has 5 heteroatoms.